The normalized spacial score (nSPS) is 10.6. The number of anilines is 1. The summed E-state index contributed by atoms with van der Waals surface area (Å²) in [4.78, 5) is 12.6. The van der Waals surface area contributed by atoms with E-state index in [4.69, 9.17) is 16.3 Å². The average Bonchev–Trinajstić information content (AvgIpc) is 3.16. The summed E-state index contributed by atoms with van der Waals surface area (Å²) < 4.78 is 8.72. The molecular weight excluding hydrogens is 316 g/mol. The summed E-state index contributed by atoms with van der Waals surface area (Å²) in [6.45, 7) is 0. The van der Waals surface area contributed by atoms with Gasteiger partial charge in [0.2, 0.25) is 0 Å². The monoisotopic (exact) mass is 330 g/mol. The lowest BCUT2D eigenvalue weighted by molar-refractivity contribution is 0.102. The van der Waals surface area contributed by atoms with Crippen molar-refractivity contribution in [2.45, 2.75) is 0 Å². The Morgan fingerprint density at radius 1 is 1.30 bits per heavy atom. The minimum absolute atomic E-state index is 0.289. The predicted octanol–water partition coefficient (Wildman–Crippen LogP) is 3.13. The Labute approximate surface area is 138 Å². The molecule has 2 aromatic heterocycles. The number of amides is 1. The van der Waals surface area contributed by atoms with E-state index in [0.717, 1.165) is 0 Å². The second kappa shape index (κ2) is 6.18. The minimum Gasteiger partial charge on any atom is -0.495 e. The number of hydrogen-bond donors (Lipinski definition) is 1. The van der Waals surface area contributed by atoms with Crippen LogP contribution in [-0.4, -0.2) is 27.4 Å². The van der Waals surface area contributed by atoms with E-state index in [0.29, 0.717) is 27.8 Å². The zero-order valence-corrected chi connectivity index (χ0v) is 13.4. The molecule has 1 amide bonds. The molecule has 3 rings (SSSR count). The molecular formula is C16H15ClN4O2. The van der Waals surface area contributed by atoms with Crippen LogP contribution < -0.4 is 10.1 Å². The first-order valence-electron chi connectivity index (χ1n) is 6.90. The van der Waals surface area contributed by atoms with Crippen LogP contribution in [0.4, 0.5) is 5.69 Å². The zero-order valence-electron chi connectivity index (χ0n) is 12.7. The molecule has 0 radical (unpaired) electrons. The second-order valence-electron chi connectivity index (χ2n) is 4.89. The number of methoxy groups -OCH3 is 1. The summed E-state index contributed by atoms with van der Waals surface area (Å²) in [6, 6.07) is 8.81. The van der Waals surface area contributed by atoms with Crippen molar-refractivity contribution >= 4 is 23.2 Å². The molecule has 0 fully saturated rings. The van der Waals surface area contributed by atoms with Crippen molar-refractivity contribution < 1.29 is 9.53 Å². The number of halogens is 1. The van der Waals surface area contributed by atoms with Gasteiger partial charge in [-0.05, 0) is 30.3 Å². The number of aromatic nitrogens is 3. The summed E-state index contributed by atoms with van der Waals surface area (Å²) in [5, 5.41) is 7.50. The molecule has 118 valence electrons. The molecule has 1 N–H and O–H groups in total. The van der Waals surface area contributed by atoms with Gasteiger partial charge in [-0.3, -0.25) is 9.48 Å². The first-order chi connectivity index (χ1) is 11.1. The van der Waals surface area contributed by atoms with E-state index in [-0.39, 0.29) is 5.91 Å². The van der Waals surface area contributed by atoms with Crippen LogP contribution in [0, 0.1) is 0 Å². The van der Waals surface area contributed by atoms with Crippen LogP contribution in [0.3, 0.4) is 0 Å². The van der Waals surface area contributed by atoms with Crippen LogP contribution in [0.5, 0.6) is 5.75 Å². The third-order valence-corrected chi connectivity index (χ3v) is 3.65. The lowest BCUT2D eigenvalue weighted by Gasteiger charge is -2.11. The van der Waals surface area contributed by atoms with Crippen molar-refractivity contribution in [2.24, 2.45) is 7.05 Å². The van der Waals surface area contributed by atoms with Gasteiger partial charge < -0.3 is 14.6 Å². The van der Waals surface area contributed by atoms with Gasteiger partial charge in [0.15, 0.2) is 0 Å². The molecule has 0 aliphatic carbocycles. The van der Waals surface area contributed by atoms with Gasteiger partial charge >= 0.3 is 0 Å². The quantitative estimate of drug-likeness (QED) is 0.799. The third kappa shape index (κ3) is 2.93. The zero-order chi connectivity index (χ0) is 16.4. The smallest absolute Gasteiger partial charge is 0.261 e. The maximum absolute atomic E-state index is 12.6. The van der Waals surface area contributed by atoms with E-state index in [9.17, 15) is 4.79 Å². The Morgan fingerprint density at radius 3 is 2.74 bits per heavy atom. The third-order valence-electron chi connectivity index (χ3n) is 3.41. The van der Waals surface area contributed by atoms with Gasteiger partial charge in [0.05, 0.1) is 19.0 Å². The van der Waals surface area contributed by atoms with Gasteiger partial charge in [0, 0.05) is 24.5 Å². The molecule has 0 spiro atoms. The molecule has 0 saturated heterocycles. The molecule has 0 saturated carbocycles. The van der Waals surface area contributed by atoms with Crippen molar-refractivity contribution in [3.63, 3.8) is 0 Å². The number of carbonyl (C=O) groups excluding carboxylic acids is 1. The van der Waals surface area contributed by atoms with Crippen molar-refractivity contribution in [1.29, 1.82) is 0 Å². The van der Waals surface area contributed by atoms with E-state index < -0.39 is 0 Å². The Balaban J connectivity index is 1.95. The lowest BCUT2D eigenvalue weighted by Crippen LogP contribution is -2.15. The molecule has 0 atom stereocenters. The van der Waals surface area contributed by atoms with E-state index in [1.807, 2.05) is 29.1 Å². The summed E-state index contributed by atoms with van der Waals surface area (Å²) >= 11 is 5.99. The van der Waals surface area contributed by atoms with Crippen molar-refractivity contribution in [1.82, 2.24) is 14.3 Å². The van der Waals surface area contributed by atoms with E-state index in [1.165, 1.54) is 13.3 Å². The summed E-state index contributed by atoms with van der Waals surface area (Å²) in [5.41, 5.74) is 0.957. The van der Waals surface area contributed by atoms with E-state index in [1.54, 1.807) is 29.9 Å². The predicted molar refractivity (Wildman–Crippen MR) is 88.5 cm³/mol. The van der Waals surface area contributed by atoms with Crippen LogP contribution in [0.2, 0.25) is 5.02 Å². The molecule has 6 nitrogen and oxygen atoms in total. The molecule has 7 heteroatoms. The molecule has 0 unspecified atom stereocenters. The van der Waals surface area contributed by atoms with Crippen LogP contribution in [0.15, 0.2) is 48.9 Å². The maximum atomic E-state index is 12.6. The number of benzene rings is 1. The van der Waals surface area contributed by atoms with Crippen LogP contribution in [0.25, 0.3) is 5.82 Å². The fourth-order valence-corrected chi connectivity index (χ4v) is 2.51. The summed E-state index contributed by atoms with van der Waals surface area (Å²) in [6.07, 6.45) is 5.24. The maximum Gasteiger partial charge on any atom is 0.261 e. The number of ether oxygens (including phenoxy) is 1. The summed E-state index contributed by atoms with van der Waals surface area (Å²) in [7, 11) is 3.32. The highest BCUT2D eigenvalue weighted by Gasteiger charge is 2.18. The molecule has 3 aromatic rings. The van der Waals surface area contributed by atoms with Crippen LogP contribution >= 0.6 is 11.6 Å². The highest BCUT2D eigenvalue weighted by Crippen LogP contribution is 2.28. The Kier molecular flexibility index (Phi) is 4.08. The van der Waals surface area contributed by atoms with Crippen molar-refractivity contribution in [3.05, 3.63) is 59.5 Å². The Bertz CT molecular complexity index is 840. The van der Waals surface area contributed by atoms with Gasteiger partial charge in [-0.15, -0.1) is 0 Å². The van der Waals surface area contributed by atoms with Crippen molar-refractivity contribution in [2.75, 3.05) is 12.4 Å². The topological polar surface area (TPSA) is 61.1 Å². The average molecular weight is 331 g/mol. The number of rotatable bonds is 4. The van der Waals surface area contributed by atoms with E-state index >= 15 is 0 Å². The molecule has 0 bridgehead atoms. The Hall–Kier alpha value is -2.73. The molecule has 2 heterocycles. The number of hydrogen-bond acceptors (Lipinski definition) is 3. The van der Waals surface area contributed by atoms with Crippen LogP contribution in [-0.2, 0) is 7.05 Å². The lowest BCUT2D eigenvalue weighted by atomic mass is 10.2. The van der Waals surface area contributed by atoms with Gasteiger partial charge in [-0.1, -0.05) is 11.6 Å². The van der Waals surface area contributed by atoms with Gasteiger partial charge in [-0.2, -0.15) is 5.10 Å². The van der Waals surface area contributed by atoms with Crippen LogP contribution in [0.1, 0.15) is 10.4 Å². The largest absolute Gasteiger partial charge is 0.495 e. The van der Waals surface area contributed by atoms with Gasteiger partial charge in [-0.25, -0.2) is 0 Å². The standard InChI is InChI=1S/C16H15ClN4O2/c1-20-16(21-7-3-4-8-21)12(10-18-20)15(22)19-13-9-11(17)5-6-14(13)23-2/h3-10H,1-2H3,(H,19,22). The summed E-state index contributed by atoms with van der Waals surface area (Å²) in [5.74, 6) is 0.921. The number of nitrogens with zero attached hydrogens (tertiary/aromatic N) is 3. The van der Waals surface area contributed by atoms with Gasteiger partial charge in [0.25, 0.3) is 5.91 Å². The van der Waals surface area contributed by atoms with Gasteiger partial charge in [0.1, 0.15) is 17.1 Å². The fraction of sp³-hybridized carbons (Fsp3) is 0.125. The molecule has 1 aromatic carbocycles. The molecule has 0 aliphatic heterocycles. The highest BCUT2D eigenvalue weighted by molar-refractivity contribution is 6.31. The number of carbonyl (C=O) groups is 1. The fourth-order valence-electron chi connectivity index (χ4n) is 2.34. The highest BCUT2D eigenvalue weighted by atomic mass is 35.5. The first-order valence-corrected chi connectivity index (χ1v) is 7.28. The van der Waals surface area contributed by atoms with E-state index in [2.05, 4.69) is 10.4 Å². The Morgan fingerprint density at radius 2 is 2.04 bits per heavy atom. The number of nitrogens with one attached hydrogen (secondary N) is 1. The number of aryl methyl sites for hydroxylation is 1. The second-order valence-corrected chi connectivity index (χ2v) is 5.33. The molecule has 0 aliphatic rings. The van der Waals surface area contributed by atoms with Crippen molar-refractivity contribution in [3.8, 4) is 11.6 Å². The minimum atomic E-state index is -0.289. The first kappa shape index (κ1) is 15.2. The molecule has 23 heavy (non-hydrogen) atoms. The SMILES string of the molecule is COc1ccc(Cl)cc1NC(=O)c1cnn(C)c1-n1cccc1.